The maximum absolute atomic E-state index is 6.32. The van der Waals surface area contributed by atoms with Crippen molar-refractivity contribution in [3.63, 3.8) is 0 Å². The molecule has 1 unspecified atom stereocenters. The summed E-state index contributed by atoms with van der Waals surface area (Å²) in [6.07, 6.45) is 2.03. The maximum atomic E-state index is 6.32. The number of nitrogens with two attached hydrogens (primary N) is 1. The van der Waals surface area contributed by atoms with Crippen molar-refractivity contribution in [3.8, 4) is 0 Å². The molecule has 0 bridgehead atoms. The standard InChI is InChI=1S/C17H18BrClN2/c18-13-5-6-14(15(19)11-13)16(20)8-10-21-9-7-12-3-1-2-4-17(12)21/h1-6,11,16H,7-10,20H2. The SMILES string of the molecule is NC(CCN1CCc2ccccc21)c1ccc(Br)cc1Cl. The van der Waals surface area contributed by atoms with E-state index >= 15 is 0 Å². The molecule has 0 amide bonds. The van der Waals surface area contributed by atoms with E-state index in [9.17, 15) is 0 Å². The third kappa shape index (κ3) is 3.25. The number of fused-ring (bicyclic) bond motifs is 1. The predicted molar refractivity (Wildman–Crippen MR) is 93.1 cm³/mol. The molecular weight excluding hydrogens is 348 g/mol. The summed E-state index contributed by atoms with van der Waals surface area (Å²) >= 11 is 9.70. The highest BCUT2D eigenvalue weighted by molar-refractivity contribution is 9.10. The van der Waals surface area contributed by atoms with Gasteiger partial charge in [0.2, 0.25) is 0 Å². The highest BCUT2D eigenvalue weighted by atomic mass is 79.9. The first-order chi connectivity index (χ1) is 10.1. The number of halogens is 2. The molecule has 1 heterocycles. The first-order valence-electron chi connectivity index (χ1n) is 7.18. The number of para-hydroxylation sites is 1. The highest BCUT2D eigenvalue weighted by Crippen LogP contribution is 2.30. The summed E-state index contributed by atoms with van der Waals surface area (Å²) in [4.78, 5) is 2.42. The van der Waals surface area contributed by atoms with Crippen LogP contribution in [0, 0.1) is 0 Å². The summed E-state index contributed by atoms with van der Waals surface area (Å²) in [5.74, 6) is 0. The number of hydrogen-bond acceptors (Lipinski definition) is 2. The van der Waals surface area contributed by atoms with Crippen LogP contribution in [0.2, 0.25) is 5.02 Å². The fraction of sp³-hybridized carbons (Fsp3) is 0.294. The molecule has 0 spiro atoms. The van der Waals surface area contributed by atoms with Crippen molar-refractivity contribution < 1.29 is 0 Å². The lowest BCUT2D eigenvalue weighted by molar-refractivity contribution is 0.634. The van der Waals surface area contributed by atoms with Crippen LogP contribution >= 0.6 is 27.5 Å². The molecule has 21 heavy (non-hydrogen) atoms. The summed E-state index contributed by atoms with van der Waals surface area (Å²) < 4.78 is 0.983. The second-order valence-corrected chi connectivity index (χ2v) is 6.75. The number of anilines is 1. The van der Waals surface area contributed by atoms with E-state index in [2.05, 4.69) is 45.1 Å². The van der Waals surface area contributed by atoms with Crippen molar-refractivity contribution in [3.05, 3.63) is 63.1 Å². The van der Waals surface area contributed by atoms with Gasteiger partial charge in [-0.3, -0.25) is 0 Å². The zero-order chi connectivity index (χ0) is 14.8. The molecule has 0 aliphatic carbocycles. The van der Waals surface area contributed by atoms with E-state index in [1.165, 1.54) is 11.3 Å². The van der Waals surface area contributed by atoms with Gasteiger partial charge in [-0.25, -0.2) is 0 Å². The zero-order valence-electron chi connectivity index (χ0n) is 11.7. The molecule has 0 aromatic heterocycles. The first-order valence-corrected chi connectivity index (χ1v) is 8.35. The van der Waals surface area contributed by atoms with E-state index in [-0.39, 0.29) is 6.04 Å². The average Bonchev–Trinajstić information content (AvgIpc) is 2.88. The molecule has 1 atom stereocenters. The third-order valence-corrected chi connectivity index (χ3v) is 4.88. The largest absolute Gasteiger partial charge is 0.371 e. The van der Waals surface area contributed by atoms with Crippen LogP contribution in [0.3, 0.4) is 0 Å². The Labute approximate surface area is 139 Å². The van der Waals surface area contributed by atoms with Gasteiger partial charge in [0.05, 0.1) is 0 Å². The summed E-state index contributed by atoms with van der Waals surface area (Å²) in [5, 5.41) is 0.735. The van der Waals surface area contributed by atoms with Gasteiger partial charge in [-0.05, 0) is 42.2 Å². The number of nitrogens with zero attached hydrogens (tertiary/aromatic N) is 1. The van der Waals surface area contributed by atoms with Crippen LogP contribution in [0.25, 0.3) is 0 Å². The van der Waals surface area contributed by atoms with Crippen LogP contribution in [0.5, 0.6) is 0 Å². The Morgan fingerprint density at radius 3 is 2.86 bits per heavy atom. The predicted octanol–water partition coefficient (Wildman–Crippen LogP) is 4.56. The number of rotatable bonds is 4. The van der Waals surface area contributed by atoms with Crippen molar-refractivity contribution in [2.75, 3.05) is 18.0 Å². The fourth-order valence-corrected chi connectivity index (χ4v) is 3.71. The minimum atomic E-state index is -0.0293. The zero-order valence-corrected chi connectivity index (χ0v) is 14.1. The van der Waals surface area contributed by atoms with Crippen molar-refractivity contribution in [2.45, 2.75) is 18.9 Å². The van der Waals surface area contributed by atoms with Crippen LogP contribution in [-0.4, -0.2) is 13.1 Å². The van der Waals surface area contributed by atoms with Gasteiger partial charge in [-0.1, -0.05) is 51.8 Å². The Bertz CT molecular complexity index is 644. The molecule has 110 valence electrons. The number of benzene rings is 2. The van der Waals surface area contributed by atoms with Gasteiger partial charge in [0.25, 0.3) is 0 Å². The summed E-state index contributed by atoms with van der Waals surface area (Å²) in [6.45, 7) is 2.05. The van der Waals surface area contributed by atoms with Gasteiger partial charge in [-0.15, -0.1) is 0 Å². The van der Waals surface area contributed by atoms with Crippen LogP contribution in [0.1, 0.15) is 23.6 Å². The Morgan fingerprint density at radius 1 is 1.24 bits per heavy atom. The second kappa shape index (κ2) is 6.39. The molecule has 0 fully saturated rings. The van der Waals surface area contributed by atoms with Gasteiger partial charge in [-0.2, -0.15) is 0 Å². The lowest BCUT2D eigenvalue weighted by Crippen LogP contribution is -2.25. The number of hydrogen-bond donors (Lipinski definition) is 1. The quantitative estimate of drug-likeness (QED) is 0.861. The molecule has 2 aromatic carbocycles. The van der Waals surface area contributed by atoms with Crippen molar-refractivity contribution in [1.29, 1.82) is 0 Å². The monoisotopic (exact) mass is 364 g/mol. The van der Waals surface area contributed by atoms with E-state index in [1.54, 1.807) is 0 Å². The summed E-state index contributed by atoms with van der Waals surface area (Å²) in [6, 6.07) is 14.5. The van der Waals surface area contributed by atoms with Gasteiger partial charge in [0.1, 0.15) is 0 Å². The topological polar surface area (TPSA) is 29.3 Å². The van der Waals surface area contributed by atoms with Crippen molar-refractivity contribution >= 4 is 33.2 Å². The van der Waals surface area contributed by atoms with Crippen molar-refractivity contribution in [1.82, 2.24) is 0 Å². The summed E-state index contributed by atoms with van der Waals surface area (Å²) in [7, 11) is 0. The van der Waals surface area contributed by atoms with Gasteiger partial charge >= 0.3 is 0 Å². The molecule has 2 aromatic rings. The molecule has 3 rings (SSSR count). The Morgan fingerprint density at radius 2 is 2.05 bits per heavy atom. The van der Waals surface area contributed by atoms with E-state index in [0.717, 1.165) is 41.0 Å². The van der Waals surface area contributed by atoms with Crippen LogP contribution in [0.4, 0.5) is 5.69 Å². The third-order valence-electron chi connectivity index (χ3n) is 4.06. The molecule has 0 radical (unpaired) electrons. The molecular formula is C17H18BrClN2. The van der Waals surface area contributed by atoms with Crippen LogP contribution in [0.15, 0.2) is 46.9 Å². The maximum Gasteiger partial charge on any atom is 0.0464 e. The van der Waals surface area contributed by atoms with E-state index in [4.69, 9.17) is 17.3 Å². The molecule has 2 nitrogen and oxygen atoms in total. The molecule has 0 saturated carbocycles. The van der Waals surface area contributed by atoms with Gasteiger partial charge in [0.15, 0.2) is 0 Å². The molecule has 0 saturated heterocycles. The fourth-order valence-electron chi connectivity index (χ4n) is 2.89. The lowest BCUT2D eigenvalue weighted by Gasteiger charge is -2.22. The van der Waals surface area contributed by atoms with E-state index in [1.807, 2.05) is 18.2 Å². The average molecular weight is 366 g/mol. The minimum Gasteiger partial charge on any atom is -0.371 e. The van der Waals surface area contributed by atoms with Crippen molar-refractivity contribution in [2.24, 2.45) is 5.73 Å². The Hall–Kier alpha value is -1.03. The van der Waals surface area contributed by atoms with Gasteiger partial charge < -0.3 is 10.6 Å². The normalized spacial score (nSPS) is 15.1. The van der Waals surface area contributed by atoms with Gasteiger partial charge in [0, 0.05) is 34.3 Å². The molecule has 1 aliphatic rings. The lowest BCUT2D eigenvalue weighted by atomic mass is 10.0. The Kier molecular flexibility index (Phi) is 4.53. The smallest absolute Gasteiger partial charge is 0.0464 e. The highest BCUT2D eigenvalue weighted by Gasteiger charge is 2.19. The molecule has 4 heteroatoms. The first kappa shape index (κ1) is 14.9. The van der Waals surface area contributed by atoms with Crippen LogP contribution in [-0.2, 0) is 6.42 Å². The second-order valence-electron chi connectivity index (χ2n) is 5.43. The minimum absolute atomic E-state index is 0.0293. The van der Waals surface area contributed by atoms with E-state index in [0.29, 0.717) is 0 Å². The molecule has 1 aliphatic heterocycles. The summed E-state index contributed by atoms with van der Waals surface area (Å²) in [5.41, 5.74) is 10.1. The van der Waals surface area contributed by atoms with Crippen LogP contribution < -0.4 is 10.6 Å². The molecule has 2 N–H and O–H groups in total. The van der Waals surface area contributed by atoms with E-state index < -0.39 is 0 Å². The Balaban J connectivity index is 1.66.